The van der Waals surface area contributed by atoms with Crippen molar-refractivity contribution in [3.05, 3.63) is 53.8 Å². The van der Waals surface area contributed by atoms with Crippen LogP contribution in [0, 0.1) is 17.5 Å². The van der Waals surface area contributed by atoms with Gasteiger partial charge in [-0.15, -0.1) is 24.0 Å². The molecule has 2 aromatic carbocycles. The number of hydrogen-bond donors (Lipinski definition) is 2. The SMILES string of the molecule is CCNC(=NCC(=O)Nc1ccc(F)c(F)c1F)N1CCN(c2ccccc2OC)CC1.I. The van der Waals surface area contributed by atoms with Crippen LogP contribution in [-0.2, 0) is 4.79 Å². The van der Waals surface area contributed by atoms with Gasteiger partial charge in [-0.1, -0.05) is 12.1 Å². The summed E-state index contributed by atoms with van der Waals surface area (Å²) in [4.78, 5) is 20.8. The molecule has 1 saturated heterocycles. The van der Waals surface area contributed by atoms with E-state index in [4.69, 9.17) is 4.74 Å². The van der Waals surface area contributed by atoms with Gasteiger partial charge in [-0.05, 0) is 31.2 Å². The molecule has 1 aliphatic heterocycles. The summed E-state index contributed by atoms with van der Waals surface area (Å²) in [6.45, 7) is 5.02. The molecule has 0 aliphatic carbocycles. The highest BCUT2D eigenvalue weighted by Crippen LogP contribution is 2.28. The van der Waals surface area contributed by atoms with E-state index < -0.39 is 29.0 Å². The maximum Gasteiger partial charge on any atom is 0.246 e. The molecule has 33 heavy (non-hydrogen) atoms. The Balaban J connectivity index is 0.00000385. The normalized spacial score (nSPS) is 13.9. The molecule has 1 fully saturated rings. The largest absolute Gasteiger partial charge is 0.495 e. The maximum atomic E-state index is 13.8. The lowest BCUT2D eigenvalue weighted by molar-refractivity contribution is -0.114. The zero-order valence-electron chi connectivity index (χ0n) is 18.4. The number of piperazine rings is 1. The van der Waals surface area contributed by atoms with E-state index in [1.54, 1.807) is 7.11 Å². The van der Waals surface area contributed by atoms with E-state index in [2.05, 4.69) is 20.5 Å². The van der Waals surface area contributed by atoms with Crippen molar-refractivity contribution in [2.24, 2.45) is 4.99 Å². The van der Waals surface area contributed by atoms with E-state index in [1.807, 2.05) is 36.1 Å². The Labute approximate surface area is 208 Å². The van der Waals surface area contributed by atoms with E-state index in [9.17, 15) is 18.0 Å². The molecule has 1 heterocycles. The first-order valence-electron chi connectivity index (χ1n) is 10.3. The molecule has 0 unspecified atom stereocenters. The van der Waals surface area contributed by atoms with Gasteiger partial charge in [-0.2, -0.15) is 0 Å². The highest BCUT2D eigenvalue weighted by Gasteiger charge is 2.22. The molecule has 7 nitrogen and oxygen atoms in total. The van der Waals surface area contributed by atoms with Crippen molar-refractivity contribution < 1.29 is 22.7 Å². The third-order valence-corrected chi connectivity index (χ3v) is 5.02. The number of aliphatic imine (C=N–C) groups is 1. The summed E-state index contributed by atoms with van der Waals surface area (Å²) in [5.41, 5.74) is 0.587. The first-order chi connectivity index (χ1) is 15.4. The molecule has 0 aromatic heterocycles. The van der Waals surface area contributed by atoms with E-state index in [-0.39, 0.29) is 30.5 Å². The monoisotopic (exact) mass is 577 g/mol. The standard InChI is InChI=1S/C22H26F3N5O2.HI/c1-3-26-22(27-14-19(31)28-16-9-8-15(23)20(24)21(16)25)30-12-10-29(11-13-30)17-6-4-5-7-18(17)32-2;/h4-9H,3,10-14H2,1-2H3,(H,26,27)(H,28,31);1H. The second kappa shape index (κ2) is 12.5. The number of amides is 1. The summed E-state index contributed by atoms with van der Waals surface area (Å²) in [7, 11) is 1.64. The molecule has 2 N–H and O–H groups in total. The number of para-hydroxylation sites is 2. The summed E-state index contributed by atoms with van der Waals surface area (Å²) in [5.74, 6) is -3.68. The first-order valence-corrected chi connectivity index (χ1v) is 10.3. The number of carbonyl (C=O) groups is 1. The Morgan fingerprint density at radius 1 is 1.06 bits per heavy atom. The van der Waals surface area contributed by atoms with E-state index >= 15 is 0 Å². The van der Waals surface area contributed by atoms with Gasteiger partial charge in [0.1, 0.15) is 12.3 Å². The number of rotatable bonds is 6. The lowest BCUT2D eigenvalue weighted by Crippen LogP contribution is -2.52. The number of halogens is 4. The number of nitrogens with one attached hydrogen (secondary N) is 2. The first kappa shape index (κ1) is 26.6. The number of ether oxygens (including phenoxy) is 1. The number of carbonyl (C=O) groups excluding carboxylic acids is 1. The number of guanidine groups is 1. The van der Waals surface area contributed by atoms with Gasteiger partial charge in [0.15, 0.2) is 23.4 Å². The van der Waals surface area contributed by atoms with Crippen LogP contribution in [0.25, 0.3) is 0 Å². The quantitative estimate of drug-likeness (QED) is 0.239. The molecule has 3 rings (SSSR count). The van der Waals surface area contributed by atoms with Crippen LogP contribution in [0.4, 0.5) is 24.5 Å². The fourth-order valence-electron chi connectivity index (χ4n) is 3.43. The van der Waals surface area contributed by atoms with Crippen molar-refractivity contribution in [3.63, 3.8) is 0 Å². The molecule has 11 heteroatoms. The highest BCUT2D eigenvalue weighted by atomic mass is 127. The van der Waals surface area contributed by atoms with Crippen molar-refractivity contribution in [3.8, 4) is 5.75 Å². The van der Waals surface area contributed by atoms with Crippen LogP contribution in [0.15, 0.2) is 41.4 Å². The average Bonchev–Trinajstić information content (AvgIpc) is 2.82. The Hall–Kier alpha value is -2.70. The molecular weight excluding hydrogens is 550 g/mol. The average molecular weight is 577 g/mol. The van der Waals surface area contributed by atoms with Crippen molar-refractivity contribution in [1.82, 2.24) is 10.2 Å². The van der Waals surface area contributed by atoms with Gasteiger partial charge in [0, 0.05) is 32.7 Å². The van der Waals surface area contributed by atoms with Crippen molar-refractivity contribution in [2.45, 2.75) is 6.92 Å². The summed E-state index contributed by atoms with van der Waals surface area (Å²) >= 11 is 0. The van der Waals surface area contributed by atoms with Gasteiger partial charge in [0.25, 0.3) is 0 Å². The minimum absolute atomic E-state index is 0. The Kier molecular flexibility index (Phi) is 10.1. The second-order valence-corrected chi connectivity index (χ2v) is 7.09. The molecule has 1 aliphatic rings. The number of benzene rings is 2. The highest BCUT2D eigenvalue weighted by molar-refractivity contribution is 14.0. The zero-order valence-corrected chi connectivity index (χ0v) is 20.7. The van der Waals surface area contributed by atoms with Gasteiger partial charge in [-0.3, -0.25) is 4.79 Å². The Morgan fingerprint density at radius 2 is 1.76 bits per heavy atom. The minimum Gasteiger partial charge on any atom is -0.495 e. The summed E-state index contributed by atoms with van der Waals surface area (Å²) in [6, 6.07) is 9.54. The molecule has 180 valence electrons. The fourth-order valence-corrected chi connectivity index (χ4v) is 3.43. The van der Waals surface area contributed by atoms with Gasteiger partial charge in [0.05, 0.1) is 18.5 Å². The smallest absolute Gasteiger partial charge is 0.246 e. The molecule has 0 bridgehead atoms. The van der Waals surface area contributed by atoms with Crippen LogP contribution in [-0.4, -0.2) is 63.1 Å². The summed E-state index contributed by atoms with van der Waals surface area (Å²) < 4.78 is 45.6. The van der Waals surface area contributed by atoms with Crippen LogP contribution < -0.4 is 20.3 Å². The second-order valence-electron chi connectivity index (χ2n) is 7.09. The van der Waals surface area contributed by atoms with Gasteiger partial charge < -0.3 is 25.2 Å². The van der Waals surface area contributed by atoms with E-state index in [0.29, 0.717) is 25.6 Å². The van der Waals surface area contributed by atoms with E-state index in [0.717, 1.165) is 36.7 Å². The third-order valence-electron chi connectivity index (χ3n) is 5.02. The van der Waals surface area contributed by atoms with Crippen LogP contribution in [0.3, 0.4) is 0 Å². The number of nitrogens with zero attached hydrogens (tertiary/aromatic N) is 3. The summed E-state index contributed by atoms with van der Waals surface area (Å²) in [5, 5.41) is 5.37. The van der Waals surface area contributed by atoms with Crippen molar-refractivity contribution in [2.75, 3.05) is 56.6 Å². The molecule has 0 spiro atoms. The van der Waals surface area contributed by atoms with Crippen molar-refractivity contribution >= 4 is 47.2 Å². The third kappa shape index (κ3) is 6.65. The predicted molar refractivity (Wildman–Crippen MR) is 133 cm³/mol. The predicted octanol–water partition coefficient (Wildman–Crippen LogP) is 3.46. The molecule has 0 saturated carbocycles. The fraction of sp³-hybridized carbons (Fsp3) is 0.364. The molecule has 1 amide bonds. The number of methoxy groups -OCH3 is 1. The van der Waals surface area contributed by atoms with Crippen LogP contribution in [0.5, 0.6) is 5.75 Å². The molecular formula is C22H27F3IN5O2. The maximum absolute atomic E-state index is 13.8. The van der Waals surface area contributed by atoms with Gasteiger partial charge >= 0.3 is 0 Å². The summed E-state index contributed by atoms with van der Waals surface area (Å²) in [6.07, 6.45) is 0. The minimum atomic E-state index is -1.63. The van der Waals surface area contributed by atoms with Gasteiger partial charge in [-0.25, -0.2) is 18.2 Å². The zero-order chi connectivity index (χ0) is 23.1. The van der Waals surface area contributed by atoms with E-state index in [1.165, 1.54) is 0 Å². The molecule has 0 radical (unpaired) electrons. The number of hydrogen-bond acceptors (Lipinski definition) is 4. The topological polar surface area (TPSA) is 69.2 Å². The molecule has 2 aromatic rings. The lowest BCUT2D eigenvalue weighted by atomic mass is 10.2. The van der Waals surface area contributed by atoms with Crippen LogP contribution >= 0.6 is 24.0 Å². The number of anilines is 2. The Morgan fingerprint density at radius 3 is 2.42 bits per heavy atom. The Bertz CT molecular complexity index is 984. The van der Waals surface area contributed by atoms with Crippen LogP contribution in [0.1, 0.15) is 6.92 Å². The lowest BCUT2D eigenvalue weighted by Gasteiger charge is -2.38. The van der Waals surface area contributed by atoms with Crippen molar-refractivity contribution in [1.29, 1.82) is 0 Å². The van der Waals surface area contributed by atoms with Crippen LogP contribution in [0.2, 0.25) is 0 Å². The molecule has 0 atom stereocenters. The van der Waals surface area contributed by atoms with Gasteiger partial charge in [0.2, 0.25) is 5.91 Å².